The van der Waals surface area contributed by atoms with Gasteiger partial charge in [-0.05, 0) is 59.7 Å². The number of hydrogen-bond acceptors (Lipinski definition) is 3. The predicted octanol–water partition coefficient (Wildman–Crippen LogP) is 0.975. The van der Waals surface area contributed by atoms with Gasteiger partial charge in [0.15, 0.2) is 0 Å². The molecule has 4 nitrogen and oxygen atoms in total. The molecule has 0 aliphatic carbocycles. The van der Waals surface area contributed by atoms with Crippen LogP contribution in [0.5, 0.6) is 0 Å². The summed E-state index contributed by atoms with van der Waals surface area (Å²) in [5, 5.41) is 6.22. The second kappa shape index (κ2) is 7.67. The van der Waals surface area contributed by atoms with Gasteiger partial charge in [0.25, 0.3) is 0 Å². The van der Waals surface area contributed by atoms with E-state index in [1.165, 1.54) is 0 Å². The van der Waals surface area contributed by atoms with E-state index in [0.717, 1.165) is 45.3 Å². The molecule has 0 bridgehead atoms. The third kappa shape index (κ3) is 5.50. The topological polar surface area (TPSA) is 44.4 Å². The third-order valence-electron chi connectivity index (χ3n) is 3.50. The van der Waals surface area contributed by atoms with Crippen molar-refractivity contribution in [2.45, 2.75) is 51.6 Å². The molecule has 100 valence electrons. The van der Waals surface area contributed by atoms with Crippen LogP contribution < -0.4 is 10.6 Å². The van der Waals surface area contributed by atoms with Crippen LogP contribution in [0.4, 0.5) is 0 Å². The van der Waals surface area contributed by atoms with E-state index in [1.807, 2.05) is 0 Å². The van der Waals surface area contributed by atoms with E-state index in [9.17, 15) is 4.79 Å². The number of amides is 1. The number of unbranched alkanes of at least 4 members (excludes halogenated alkanes) is 1. The molecule has 1 amide bonds. The first kappa shape index (κ1) is 14.5. The Bertz CT molecular complexity index is 225. The van der Waals surface area contributed by atoms with Crippen molar-refractivity contribution in [3.63, 3.8) is 0 Å². The van der Waals surface area contributed by atoms with Crippen molar-refractivity contribution >= 4 is 5.91 Å². The summed E-state index contributed by atoms with van der Waals surface area (Å²) in [5.74, 6) is 0.180. The molecule has 0 aromatic carbocycles. The quantitative estimate of drug-likeness (QED) is 0.653. The van der Waals surface area contributed by atoms with Gasteiger partial charge in [0.05, 0.1) is 6.04 Å². The van der Waals surface area contributed by atoms with E-state index < -0.39 is 0 Å². The molecule has 0 saturated carbocycles. The second-order valence-corrected chi connectivity index (χ2v) is 5.22. The SMILES string of the molecule is CC(C)N(C)CCCCNC(=O)[C@@H]1CCCN1. The number of hydrogen-bond donors (Lipinski definition) is 2. The molecule has 0 aromatic heterocycles. The zero-order valence-corrected chi connectivity index (χ0v) is 11.5. The van der Waals surface area contributed by atoms with Gasteiger partial charge in [-0.2, -0.15) is 0 Å². The van der Waals surface area contributed by atoms with Crippen molar-refractivity contribution in [3.05, 3.63) is 0 Å². The van der Waals surface area contributed by atoms with E-state index in [4.69, 9.17) is 0 Å². The maximum Gasteiger partial charge on any atom is 0.237 e. The largest absolute Gasteiger partial charge is 0.355 e. The van der Waals surface area contributed by atoms with Crippen LogP contribution in [0.2, 0.25) is 0 Å². The van der Waals surface area contributed by atoms with Gasteiger partial charge in [-0.1, -0.05) is 0 Å². The highest BCUT2D eigenvalue weighted by molar-refractivity contribution is 5.81. The molecule has 1 heterocycles. The minimum Gasteiger partial charge on any atom is -0.355 e. The summed E-state index contributed by atoms with van der Waals surface area (Å²) in [6, 6.07) is 0.667. The highest BCUT2D eigenvalue weighted by Crippen LogP contribution is 2.04. The van der Waals surface area contributed by atoms with Crippen LogP contribution in [0.15, 0.2) is 0 Å². The maximum absolute atomic E-state index is 11.7. The van der Waals surface area contributed by atoms with Crippen molar-refractivity contribution in [3.8, 4) is 0 Å². The van der Waals surface area contributed by atoms with Crippen LogP contribution in [0, 0.1) is 0 Å². The number of rotatable bonds is 7. The molecule has 0 radical (unpaired) electrons. The highest BCUT2D eigenvalue weighted by Gasteiger charge is 2.20. The average Bonchev–Trinajstić information content (AvgIpc) is 2.81. The monoisotopic (exact) mass is 241 g/mol. The first-order valence-corrected chi connectivity index (χ1v) is 6.82. The molecule has 1 atom stereocenters. The zero-order chi connectivity index (χ0) is 12.7. The minimum absolute atomic E-state index is 0.0633. The summed E-state index contributed by atoms with van der Waals surface area (Å²) in [4.78, 5) is 14.0. The molecule has 1 saturated heterocycles. The van der Waals surface area contributed by atoms with Crippen LogP contribution in [0.3, 0.4) is 0 Å². The van der Waals surface area contributed by atoms with Gasteiger partial charge in [0.1, 0.15) is 0 Å². The van der Waals surface area contributed by atoms with Crippen LogP contribution >= 0.6 is 0 Å². The van der Waals surface area contributed by atoms with Gasteiger partial charge in [0, 0.05) is 12.6 Å². The van der Waals surface area contributed by atoms with E-state index in [-0.39, 0.29) is 11.9 Å². The fourth-order valence-corrected chi connectivity index (χ4v) is 1.99. The molecule has 1 rings (SSSR count). The number of carbonyl (C=O) groups excluding carboxylic acids is 1. The smallest absolute Gasteiger partial charge is 0.237 e. The Labute approximate surface area is 105 Å². The minimum atomic E-state index is 0.0633. The predicted molar refractivity (Wildman–Crippen MR) is 71.0 cm³/mol. The Morgan fingerprint density at radius 2 is 2.24 bits per heavy atom. The van der Waals surface area contributed by atoms with Crippen molar-refractivity contribution < 1.29 is 4.79 Å². The lowest BCUT2D eigenvalue weighted by Gasteiger charge is -2.20. The molecular weight excluding hydrogens is 214 g/mol. The van der Waals surface area contributed by atoms with Gasteiger partial charge in [-0.25, -0.2) is 0 Å². The number of carbonyl (C=O) groups is 1. The first-order valence-electron chi connectivity index (χ1n) is 6.82. The lowest BCUT2D eigenvalue weighted by molar-refractivity contribution is -0.122. The van der Waals surface area contributed by atoms with Crippen molar-refractivity contribution in [2.75, 3.05) is 26.7 Å². The Morgan fingerprint density at radius 1 is 1.47 bits per heavy atom. The summed E-state index contributed by atoms with van der Waals surface area (Å²) in [7, 11) is 2.14. The van der Waals surface area contributed by atoms with Gasteiger partial charge in [-0.15, -0.1) is 0 Å². The van der Waals surface area contributed by atoms with Gasteiger partial charge >= 0.3 is 0 Å². The zero-order valence-electron chi connectivity index (χ0n) is 11.5. The first-order chi connectivity index (χ1) is 8.11. The van der Waals surface area contributed by atoms with E-state index in [0.29, 0.717) is 6.04 Å². The standard InChI is InChI=1S/C13H27N3O/c1-11(2)16(3)10-5-4-8-15-13(17)12-7-6-9-14-12/h11-12,14H,4-10H2,1-3H3,(H,15,17)/t12-/m0/s1. The fraction of sp³-hybridized carbons (Fsp3) is 0.923. The summed E-state index contributed by atoms with van der Waals surface area (Å²) >= 11 is 0. The van der Waals surface area contributed by atoms with E-state index >= 15 is 0 Å². The second-order valence-electron chi connectivity index (χ2n) is 5.22. The fourth-order valence-electron chi connectivity index (χ4n) is 1.99. The normalized spacial score (nSPS) is 20.2. The highest BCUT2D eigenvalue weighted by atomic mass is 16.2. The molecule has 0 spiro atoms. The summed E-state index contributed by atoms with van der Waals surface area (Å²) in [5.41, 5.74) is 0. The average molecular weight is 241 g/mol. The van der Waals surface area contributed by atoms with Crippen LogP contribution in [0.1, 0.15) is 39.5 Å². The Morgan fingerprint density at radius 3 is 2.82 bits per heavy atom. The van der Waals surface area contributed by atoms with Gasteiger partial charge in [0.2, 0.25) is 5.91 Å². The molecule has 17 heavy (non-hydrogen) atoms. The van der Waals surface area contributed by atoms with Crippen molar-refractivity contribution in [2.24, 2.45) is 0 Å². The lowest BCUT2D eigenvalue weighted by Crippen LogP contribution is -2.40. The third-order valence-corrected chi connectivity index (χ3v) is 3.50. The molecule has 1 fully saturated rings. The van der Waals surface area contributed by atoms with Crippen molar-refractivity contribution in [1.29, 1.82) is 0 Å². The van der Waals surface area contributed by atoms with Gasteiger partial charge < -0.3 is 15.5 Å². The van der Waals surface area contributed by atoms with Crippen molar-refractivity contribution in [1.82, 2.24) is 15.5 Å². The van der Waals surface area contributed by atoms with Crippen LogP contribution in [0.25, 0.3) is 0 Å². The molecule has 2 N–H and O–H groups in total. The van der Waals surface area contributed by atoms with Gasteiger partial charge in [-0.3, -0.25) is 4.79 Å². The molecule has 1 aliphatic heterocycles. The molecule has 4 heteroatoms. The van der Waals surface area contributed by atoms with Crippen LogP contribution in [-0.2, 0) is 4.79 Å². The number of nitrogens with one attached hydrogen (secondary N) is 2. The Kier molecular flexibility index (Phi) is 6.52. The molecule has 1 aliphatic rings. The summed E-state index contributed by atoms with van der Waals surface area (Å²) in [6.07, 6.45) is 4.32. The molecular formula is C13H27N3O. The maximum atomic E-state index is 11.7. The Hall–Kier alpha value is -0.610. The van der Waals surface area contributed by atoms with E-state index in [2.05, 4.69) is 36.4 Å². The summed E-state index contributed by atoms with van der Waals surface area (Å²) < 4.78 is 0. The summed E-state index contributed by atoms with van der Waals surface area (Å²) in [6.45, 7) is 7.30. The molecule has 0 aromatic rings. The van der Waals surface area contributed by atoms with E-state index in [1.54, 1.807) is 0 Å². The lowest BCUT2D eigenvalue weighted by atomic mass is 10.2. The van der Waals surface area contributed by atoms with Crippen LogP contribution in [-0.4, -0.2) is 49.6 Å². The number of nitrogens with zero attached hydrogens (tertiary/aromatic N) is 1. The molecule has 0 unspecified atom stereocenters. The Balaban J connectivity index is 1.98.